The first kappa shape index (κ1) is 31.6. The Morgan fingerprint density at radius 3 is 2.76 bits per heavy atom. The van der Waals surface area contributed by atoms with Crippen molar-refractivity contribution in [1.29, 1.82) is 0 Å². The van der Waals surface area contributed by atoms with Crippen LogP contribution in [0.5, 0.6) is 11.5 Å². The summed E-state index contributed by atoms with van der Waals surface area (Å²) in [7, 11) is 0. The van der Waals surface area contributed by atoms with Crippen LogP contribution in [0, 0.1) is 6.92 Å². The van der Waals surface area contributed by atoms with Crippen LogP contribution in [0.2, 0.25) is 0 Å². The van der Waals surface area contributed by atoms with Gasteiger partial charge in [-0.1, -0.05) is 29.5 Å². The maximum Gasteiger partial charge on any atom is 0.305 e. The summed E-state index contributed by atoms with van der Waals surface area (Å²) >= 11 is 2.49. The summed E-state index contributed by atoms with van der Waals surface area (Å²) in [4.78, 5) is 35.7. The van der Waals surface area contributed by atoms with E-state index in [4.69, 9.17) is 9.47 Å². The minimum atomic E-state index is -0.798. The first-order chi connectivity index (χ1) is 21.8. The van der Waals surface area contributed by atoms with Crippen LogP contribution in [0.15, 0.2) is 46.6 Å². The monoisotopic (exact) mass is 653 g/mol. The molecule has 240 valence electrons. The average molecular weight is 654 g/mol. The molecule has 0 radical (unpaired) electrons. The Hall–Kier alpha value is -3.33. The van der Waals surface area contributed by atoms with Gasteiger partial charge in [-0.3, -0.25) is 14.5 Å². The second kappa shape index (κ2) is 14.0. The number of hydrogen-bond acceptors (Lipinski definition) is 11. The number of phenolic OH excluding ortho intramolecular Hbond substituents is 1. The van der Waals surface area contributed by atoms with Crippen molar-refractivity contribution in [3.8, 4) is 11.5 Å². The van der Waals surface area contributed by atoms with Gasteiger partial charge in [0.1, 0.15) is 29.3 Å². The van der Waals surface area contributed by atoms with Crippen molar-refractivity contribution in [1.82, 2.24) is 25.1 Å². The summed E-state index contributed by atoms with van der Waals surface area (Å²) in [5, 5.41) is 26.7. The van der Waals surface area contributed by atoms with Crippen molar-refractivity contribution in [2.45, 2.75) is 37.9 Å². The highest BCUT2D eigenvalue weighted by Gasteiger charge is 2.41. The maximum absolute atomic E-state index is 12.9. The number of amides is 1. The molecule has 2 aliphatic heterocycles. The molecule has 6 rings (SSSR count). The third kappa shape index (κ3) is 7.56. The molecule has 2 aliphatic rings. The van der Waals surface area contributed by atoms with Gasteiger partial charge in [0, 0.05) is 43.7 Å². The molecule has 2 saturated heterocycles. The normalized spacial score (nSPS) is 17.6. The summed E-state index contributed by atoms with van der Waals surface area (Å²) in [6.07, 6.45) is 1.77. The van der Waals surface area contributed by atoms with Gasteiger partial charge < -0.3 is 34.9 Å². The van der Waals surface area contributed by atoms with Crippen molar-refractivity contribution in [2.24, 2.45) is 0 Å². The number of phenols is 1. The molecule has 2 fully saturated rings. The molecule has 13 heteroatoms. The lowest BCUT2D eigenvalue weighted by molar-refractivity contribution is -0.127. The van der Waals surface area contributed by atoms with E-state index in [-0.39, 0.29) is 22.1 Å². The Morgan fingerprint density at radius 2 is 2.00 bits per heavy atom. The smallest absolute Gasteiger partial charge is 0.305 e. The number of piperidine rings is 1. The van der Waals surface area contributed by atoms with E-state index in [2.05, 4.69) is 32.3 Å². The summed E-state index contributed by atoms with van der Waals surface area (Å²) in [5.74, 6) is 0.836. The third-order valence-electron chi connectivity index (χ3n) is 8.62. The molecule has 2 aromatic heterocycles. The number of aromatic nitrogens is 2. The van der Waals surface area contributed by atoms with Gasteiger partial charge in [0.2, 0.25) is 0 Å². The van der Waals surface area contributed by atoms with Crippen molar-refractivity contribution in [3.05, 3.63) is 73.3 Å². The summed E-state index contributed by atoms with van der Waals surface area (Å²) in [5.41, 5.74) is 2.41. The SMILES string of the molecule is Cc1nc(C(=O)N2CCOC3(CCN(CCOc4ccc(CCNCC(O)c5ccc(O)c6[nH]c(=O)sc56)cc4)CC3)C2)cs1. The molecule has 1 amide bonds. The number of aromatic amines is 1. The maximum atomic E-state index is 12.9. The fourth-order valence-electron chi connectivity index (χ4n) is 6.06. The molecule has 1 atom stereocenters. The van der Waals surface area contributed by atoms with Gasteiger partial charge in [0.05, 0.1) is 34.6 Å². The fraction of sp³-hybridized carbons (Fsp3) is 0.469. The van der Waals surface area contributed by atoms with E-state index in [1.807, 2.05) is 29.3 Å². The van der Waals surface area contributed by atoms with Crippen molar-refractivity contribution in [3.63, 3.8) is 0 Å². The number of thiazole rings is 2. The zero-order chi connectivity index (χ0) is 31.4. The highest BCUT2D eigenvalue weighted by Crippen LogP contribution is 2.32. The number of aliphatic hydroxyl groups is 1. The van der Waals surface area contributed by atoms with E-state index in [1.165, 1.54) is 17.4 Å². The standard InChI is InChI=1S/C32H39N5O6S2/c1-21-34-25(19-44-21)30(40)37-15-17-43-32(20-37)9-12-36(13-10-32)14-16-42-23-4-2-22(3-5-23)8-11-33-18-27(39)24-6-7-26(38)28-29(24)45-31(41)35-28/h2-7,19,27,33,38-39H,8-18,20H2,1H3,(H,35,41). The Labute approximate surface area is 269 Å². The predicted molar refractivity (Wildman–Crippen MR) is 175 cm³/mol. The molecule has 4 heterocycles. The van der Waals surface area contributed by atoms with Crippen LogP contribution >= 0.6 is 22.7 Å². The number of H-pyrrole nitrogens is 1. The second-order valence-corrected chi connectivity index (χ2v) is 13.8. The van der Waals surface area contributed by atoms with Gasteiger partial charge in [-0.05, 0) is 56.5 Å². The first-order valence-corrected chi connectivity index (χ1v) is 17.0. The molecule has 0 bridgehead atoms. The molecule has 1 spiro atoms. The topological polar surface area (TPSA) is 140 Å². The molecule has 0 saturated carbocycles. The lowest BCUT2D eigenvalue weighted by atomic mass is 9.89. The Bertz CT molecular complexity index is 1660. The number of morpholine rings is 1. The zero-order valence-electron chi connectivity index (χ0n) is 25.3. The molecular weight excluding hydrogens is 615 g/mol. The van der Waals surface area contributed by atoms with Gasteiger partial charge in [-0.15, -0.1) is 11.3 Å². The number of aromatic hydroxyl groups is 1. The van der Waals surface area contributed by atoms with Gasteiger partial charge in [0.15, 0.2) is 0 Å². The van der Waals surface area contributed by atoms with Crippen molar-refractivity contribution >= 4 is 38.8 Å². The van der Waals surface area contributed by atoms with Crippen LogP contribution in [-0.2, 0) is 11.2 Å². The predicted octanol–water partition coefficient (Wildman–Crippen LogP) is 3.31. The number of carbonyl (C=O) groups is 1. The Balaban J connectivity index is 0.887. The Morgan fingerprint density at radius 1 is 1.20 bits per heavy atom. The van der Waals surface area contributed by atoms with Crippen LogP contribution in [0.3, 0.4) is 0 Å². The molecule has 2 aromatic carbocycles. The average Bonchev–Trinajstić information content (AvgIpc) is 3.66. The van der Waals surface area contributed by atoms with Crippen molar-refractivity contribution in [2.75, 3.05) is 59.0 Å². The van der Waals surface area contributed by atoms with E-state index in [0.29, 0.717) is 60.9 Å². The number of aryl methyl sites for hydroxylation is 1. The second-order valence-electron chi connectivity index (χ2n) is 11.7. The summed E-state index contributed by atoms with van der Waals surface area (Å²) in [6.45, 7) is 7.97. The van der Waals surface area contributed by atoms with Crippen LogP contribution in [0.25, 0.3) is 10.2 Å². The number of aliphatic hydroxyl groups excluding tert-OH is 1. The van der Waals surface area contributed by atoms with Crippen LogP contribution < -0.4 is 14.9 Å². The van der Waals surface area contributed by atoms with Gasteiger partial charge in [-0.2, -0.15) is 0 Å². The minimum Gasteiger partial charge on any atom is -0.506 e. The van der Waals surface area contributed by atoms with E-state index >= 15 is 0 Å². The number of fused-ring (bicyclic) bond motifs is 1. The fourth-order valence-corrected chi connectivity index (χ4v) is 7.56. The molecular formula is C32H39N5O6S2. The molecule has 11 nitrogen and oxygen atoms in total. The molecule has 45 heavy (non-hydrogen) atoms. The highest BCUT2D eigenvalue weighted by molar-refractivity contribution is 7.16. The van der Waals surface area contributed by atoms with E-state index in [9.17, 15) is 19.8 Å². The zero-order valence-corrected chi connectivity index (χ0v) is 26.9. The quantitative estimate of drug-likeness (QED) is 0.180. The van der Waals surface area contributed by atoms with Gasteiger partial charge in [-0.25, -0.2) is 4.98 Å². The number of ether oxygens (including phenoxy) is 2. The van der Waals surface area contributed by atoms with Crippen molar-refractivity contribution < 1.29 is 24.5 Å². The van der Waals surface area contributed by atoms with E-state index in [1.54, 1.807) is 6.07 Å². The first-order valence-electron chi connectivity index (χ1n) is 15.3. The molecule has 1 unspecified atom stereocenters. The highest BCUT2D eigenvalue weighted by atomic mass is 32.1. The number of hydrogen-bond donors (Lipinski definition) is 4. The lowest BCUT2D eigenvalue weighted by Crippen LogP contribution is -2.58. The Kier molecular flexibility index (Phi) is 9.83. The number of carbonyl (C=O) groups excluding carboxylic acids is 1. The van der Waals surface area contributed by atoms with Gasteiger partial charge >= 0.3 is 4.87 Å². The van der Waals surface area contributed by atoms with Crippen LogP contribution in [0.4, 0.5) is 0 Å². The molecule has 4 aromatic rings. The number of likely N-dealkylation sites (tertiary alicyclic amines) is 1. The summed E-state index contributed by atoms with van der Waals surface area (Å²) in [6, 6.07) is 11.2. The largest absolute Gasteiger partial charge is 0.506 e. The van der Waals surface area contributed by atoms with E-state index < -0.39 is 6.10 Å². The number of rotatable bonds is 11. The van der Waals surface area contributed by atoms with Crippen LogP contribution in [-0.4, -0.2) is 101 Å². The third-order valence-corrected chi connectivity index (χ3v) is 10.3. The summed E-state index contributed by atoms with van der Waals surface area (Å²) < 4.78 is 12.9. The minimum absolute atomic E-state index is 0.000831. The number of nitrogens with zero attached hydrogens (tertiary/aromatic N) is 3. The lowest BCUT2D eigenvalue weighted by Gasteiger charge is -2.47. The molecule has 4 N–H and O–H groups in total. The van der Waals surface area contributed by atoms with Gasteiger partial charge in [0.25, 0.3) is 5.91 Å². The number of nitrogens with one attached hydrogen (secondary N) is 2. The number of benzene rings is 2. The van der Waals surface area contributed by atoms with Crippen LogP contribution in [0.1, 0.15) is 45.6 Å². The molecule has 0 aliphatic carbocycles. The van der Waals surface area contributed by atoms with E-state index in [0.717, 1.165) is 66.6 Å².